The Morgan fingerprint density at radius 2 is 2.08 bits per heavy atom. The van der Waals surface area contributed by atoms with Gasteiger partial charge in [-0.1, -0.05) is 47.2 Å². The molecule has 1 N–H and O–H groups in total. The third kappa shape index (κ3) is 3.11. The number of hydrogen-bond donors (Lipinski definition) is 1. The fourth-order valence-corrected chi connectivity index (χ4v) is 2.79. The summed E-state index contributed by atoms with van der Waals surface area (Å²) in [6.07, 6.45) is 1.77. The van der Waals surface area contributed by atoms with E-state index in [0.717, 1.165) is 16.6 Å². The topological polar surface area (TPSA) is 76.7 Å². The van der Waals surface area contributed by atoms with E-state index in [1.54, 1.807) is 15.6 Å². The summed E-state index contributed by atoms with van der Waals surface area (Å²) in [7, 11) is 0. The van der Waals surface area contributed by atoms with E-state index in [0.29, 0.717) is 17.1 Å². The number of hydrogen-bond acceptors (Lipinski definition) is 5. The first-order chi connectivity index (χ1) is 12.2. The Kier molecular flexibility index (Phi) is 3.95. The predicted molar refractivity (Wildman–Crippen MR) is 98.2 cm³/mol. The Balaban J connectivity index is 1.67. The molecule has 0 atom stereocenters. The van der Waals surface area contributed by atoms with Crippen molar-refractivity contribution in [3.05, 3.63) is 70.3 Å². The largest absolute Gasteiger partial charge is 0.250 e. The van der Waals surface area contributed by atoms with Crippen LogP contribution in [0.2, 0.25) is 0 Å². The van der Waals surface area contributed by atoms with Crippen LogP contribution >= 0.6 is 12.2 Å². The lowest BCUT2D eigenvalue weighted by Gasteiger charge is -2.02. The number of aromatic nitrogens is 6. The molecular weight excluding hydrogens is 334 g/mol. The monoisotopic (exact) mass is 349 g/mol. The van der Waals surface area contributed by atoms with Crippen LogP contribution in [0.15, 0.2) is 53.6 Å². The van der Waals surface area contributed by atoms with Crippen molar-refractivity contribution in [2.24, 2.45) is 5.10 Å². The van der Waals surface area contributed by atoms with Gasteiger partial charge in [-0.3, -0.25) is 5.10 Å². The summed E-state index contributed by atoms with van der Waals surface area (Å²) in [6, 6.07) is 15.9. The molecule has 0 aliphatic carbocycles. The normalized spacial score (nSPS) is 11.6. The molecule has 0 spiro atoms. The smallest absolute Gasteiger partial charge is 0.216 e. The zero-order valence-corrected chi connectivity index (χ0v) is 14.3. The van der Waals surface area contributed by atoms with Gasteiger partial charge in [-0.15, -0.1) is 5.10 Å². The number of aromatic amines is 1. The second kappa shape index (κ2) is 6.40. The minimum atomic E-state index is 0.415. The van der Waals surface area contributed by atoms with E-state index >= 15 is 0 Å². The van der Waals surface area contributed by atoms with Gasteiger partial charge < -0.3 is 0 Å². The Morgan fingerprint density at radius 1 is 1.20 bits per heavy atom. The van der Waals surface area contributed by atoms with Crippen LogP contribution in [0, 0.1) is 11.7 Å². The van der Waals surface area contributed by atoms with Gasteiger partial charge in [0.05, 0.1) is 11.7 Å². The van der Waals surface area contributed by atoms with Gasteiger partial charge in [0.2, 0.25) is 4.77 Å². The Bertz CT molecular complexity index is 1120. The molecule has 25 heavy (non-hydrogen) atoms. The van der Waals surface area contributed by atoms with Gasteiger partial charge in [0.25, 0.3) is 0 Å². The fourth-order valence-electron chi connectivity index (χ4n) is 2.59. The van der Waals surface area contributed by atoms with Crippen molar-refractivity contribution in [2.75, 3.05) is 0 Å². The molecule has 0 saturated carbocycles. The molecule has 0 amide bonds. The summed E-state index contributed by atoms with van der Waals surface area (Å²) in [5, 5.41) is 19.9. The van der Waals surface area contributed by atoms with Crippen LogP contribution in [-0.4, -0.2) is 36.1 Å². The standard InChI is InChI=1S/C17H15N7S/c1-12-5-4-6-13(9-12)10-18-24-16(20-21-17(24)25)11-23-15-8-3-2-7-14(15)19-22-23/h2-10H,11H2,1H3,(H,21,25)/b18-10-. The number of aryl methyl sites for hydroxylation is 1. The van der Waals surface area contributed by atoms with Gasteiger partial charge in [0, 0.05) is 0 Å². The molecule has 8 heteroatoms. The number of benzene rings is 2. The molecule has 4 aromatic rings. The van der Waals surface area contributed by atoms with Crippen molar-refractivity contribution in [1.82, 2.24) is 29.9 Å². The van der Waals surface area contributed by atoms with Crippen LogP contribution in [0.25, 0.3) is 11.0 Å². The molecule has 7 nitrogen and oxygen atoms in total. The highest BCUT2D eigenvalue weighted by Gasteiger charge is 2.10. The van der Waals surface area contributed by atoms with Gasteiger partial charge in [-0.05, 0) is 36.8 Å². The van der Waals surface area contributed by atoms with E-state index in [1.165, 1.54) is 5.56 Å². The van der Waals surface area contributed by atoms with Crippen LogP contribution in [0.5, 0.6) is 0 Å². The molecule has 2 heterocycles. The zero-order valence-electron chi connectivity index (χ0n) is 13.5. The van der Waals surface area contributed by atoms with Crippen LogP contribution in [0.1, 0.15) is 17.0 Å². The molecule has 124 valence electrons. The second-order valence-corrected chi connectivity index (χ2v) is 6.04. The number of rotatable bonds is 4. The molecule has 4 rings (SSSR count). The van der Waals surface area contributed by atoms with Crippen LogP contribution in [0.4, 0.5) is 0 Å². The van der Waals surface area contributed by atoms with Crippen LogP contribution in [0.3, 0.4) is 0 Å². The van der Waals surface area contributed by atoms with Crippen molar-refractivity contribution in [1.29, 1.82) is 0 Å². The third-order valence-corrected chi connectivity index (χ3v) is 4.06. The fraction of sp³-hybridized carbons (Fsp3) is 0.118. The predicted octanol–water partition coefficient (Wildman–Crippen LogP) is 2.92. The molecule has 0 bridgehead atoms. The number of para-hydroxylation sites is 1. The van der Waals surface area contributed by atoms with Gasteiger partial charge in [0.15, 0.2) is 5.82 Å². The van der Waals surface area contributed by atoms with Crippen molar-refractivity contribution in [3.8, 4) is 0 Å². The molecule has 0 aliphatic rings. The number of nitrogens with zero attached hydrogens (tertiary/aromatic N) is 6. The minimum Gasteiger partial charge on any atom is -0.250 e. The number of nitrogens with one attached hydrogen (secondary N) is 1. The maximum absolute atomic E-state index is 5.29. The van der Waals surface area contributed by atoms with Crippen LogP contribution < -0.4 is 0 Å². The van der Waals surface area contributed by atoms with E-state index in [4.69, 9.17) is 12.2 Å². The Hall–Kier alpha value is -3.13. The van der Waals surface area contributed by atoms with Gasteiger partial charge in [-0.2, -0.15) is 14.9 Å². The zero-order chi connectivity index (χ0) is 17.2. The lowest BCUT2D eigenvalue weighted by atomic mass is 10.2. The van der Waals surface area contributed by atoms with E-state index in [-0.39, 0.29) is 0 Å². The first-order valence-corrected chi connectivity index (χ1v) is 8.17. The van der Waals surface area contributed by atoms with Crippen molar-refractivity contribution < 1.29 is 0 Å². The van der Waals surface area contributed by atoms with Crippen molar-refractivity contribution in [3.63, 3.8) is 0 Å². The molecule has 0 aliphatic heterocycles. The van der Waals surface area contributed by atoms with E-state index in [2.05, 4.69) is 31.7 Å². The first-order valence-electron chi connectivity index (χ1n) is 7.76. The SMILES string of the molecule is Cc1cccc(/C=N\n2c(Cn3nnc4ccccc43)n[nH]c2=S)c1. The average Bonchev–Trinajstić information content (AvgIpc) is 3.18. The summed E-state index contributed by atoms with van der Waals surface area (Å²) >= 11 is 5.29. The molecule has 0 fully saturated rings. The quantitative estimate of drug-likeness (QED) is 0.454. The van der Waals surface area contributed by atoms with E-state index in [1.807, 2.05) is 49.4 Å². The molecule has 0 radical (unpaired) electrons. The first kappa shape index (κ1) is 15.4. The number of H-pyrrole nitrogens is 1. The maximum atomic E-state index is 5.29. The maximum Gasteiger partial charge on any atom is 0.216 e. The molecule has 0 saturated heterocycles. The molecule has 2 aromatic heterocycles. The lowest BCUT2D eigenvalue weighted by molar-refractivity contribution is 0.617. The lowest BCUT2D eigenvalue weighted by Crippen LogP contribution is -2.08. The molecule has 2 aromatic carbocycles. The van der Waals surface area contributed by atoms with Gasteiger partial charge in [0.1, 0.15) is 12.1 Å². The van der Waals surface area contributed by atoms with E-state index in [9.17, 15) is 0 Å². The van der Waals surface area contributed by atoms with Crippen molar-refractivity contribution in [2.45, 2.75) is 13.5 Å². The highest BCUT2D eigenvalue weighted by atomic mass is 32.1. The molecule has 0 unspecified atom stereocenters. The second-order valence-electron chi connectivity index (χ2n) is 5.65. The van der Waals surface area contributed by atoms with Crippen molar-refractivity contribution >= 4 is 29.5 Å². The van der Waals surface area contributed by atoms with Gasteiger partial charge in [-0.25, -0.2) is 4.68 Å². The summed E-state index contributed by atoms with van der Waals surface area (Å²) in [6.45, 7) is 2.46. The summed E-state index contributed by atoms with van der Waals surface area (Å²) < 4.78 is 3.82. The Labute approximate surface area is 148 Å². The minimum absolute atomic E-state index is 0.415. The third-order valence-electron chi connectivity index (χ3n) is 3.79. The summed E-state index contributed by atoms with van der Waals surface area (Å²) in [4.78, 5) is 0. The van der Waals surface area contributed by atoms with E-state index < -0.39 is 0 Å². The van der Waals surface area contributed by atoms with Crippen LogP contribution in [-0.2, 0) is 6.54 Å². The number of fused-ring (bicyclic) bond motifs is 1. The summed E-state index contributed by atoms with van der Waals surface area (Å²) in [5.74, 6) is 0.657. The highest BCUT2D eigenvalue weighted by molar-refractivity contribution is 7.71. The Morgan fingerprint density at radius 3 is 2.96 bits per heavy atom. The van der Waals surface area contributed by atoms with Gasteiger partial charge >= 0.3 is 0 Å². The summed E-state index contributed by atoms with van der Waals surface area (Å²) in [5.41, 5.74) is 3.95. The highest BCUT2D eigenvalue weighted by Crippen LogP contribution is 2.11. The molecular formula is C17H15N7S. The average molecular weight is 349 g/mol.